The lowest BCUT2D eigenvalue weighted by molar-refractivity contribution is -0.137. The van der Waals surface area contributed by atoms with Crippen LogP contribution in [0.1, 0.15) is 39.2 Å². The van der Waals surface area contributed by atoms with Crippen molar-refractivity contribution >= 4 is 51.9 Å². The third kappa shape index (κ3) is 7.29. The number of halogens is 5. The molecule has 35 heavy (non-hydrogen) atoms. The Hall–Kier alpha value is -2.90. The molecule has 3 rings (SSSR count). The number of hydrogen-bond donors (Lipinski definition) is 2. The number of alkyl halides is 3. The number of hydrogen-bond acceptors (Lipinski definition) is 7. The molecule has 2 aromatic heterocycles. The molecule has 14 heteroatoms. The summed E-state index contributed by atoms with van der Waals surface area (Å²) in [6.07, 6.45) is -3.95. The van der Waals surface area contributed by atoms with Crippen molar-refractivity contribution in [3.63, 3.8) is 0 Å². The van der Waals surface area contributed by atoms with Crippen LogP contribution in [0.15, 0.2) is 36.0 Å². The SMILES string of the molecule is C[C@H](NC(=O)c1cnc(-c2cc(F)ccc2Cl)s1)C(=O)N[C@@H](CCC(F)(F)F)C(=O)c1nccs1. The average molecular weight is 549 g/mol. The summed E-state index contributed by atoms with van der Waals surface area (Å²) in [6, 6.07) is 1.03. The Balaban J connectivity index is 1.66. The predicted octanol–water partition coefficient (Wildman–Crippen LogP) is 4.89. The zero-order valence-corrected chi connectivity index (χ0v) is 20.2. The molecule has 2 amide bonds. The molecular weight excluding hydrogens is 532 g/mol. The summed E-state index contributed by atoms with van der Waals surface area (Å²) in [5.41, 5.74) is 0.287. The summed E-state index contributed by atoms with van der Waals surface area (Å²) in [5.74, 6) is -2.84. The first-order valence-corrected chi connectivity index (χ1v) is 12.0. The first kappa shape index (κ1) is 26.7. The molecule has 0 saturated heterocycles. The van der Waals surface area contributed by atoms with E-state index in [0.717, 1.165) is 22.7 Å². The van der Waals surface area contributed by atoms with Crippen molar-refractivity contribution in [1.82, 2.24) is 20.6 Å². The van der Waals surface area contributed by atoms with Crippen molar-refractivity contribution in [2.45, 2.75) is 38.0 Å². The van der Waals surface area contributed by atoms with Gasteiger partial charge in [0.15, 0.2) is 5.01 Å². The molecule has 0 aliphatic carbocycles. The molecule has 3 aromatic rings. The van der Waals surface area contributed by atoms with E-state index < -0.39 is 54.5 Å². The van der Waals surface area contributed by atoms with Crippen LogP contribution in [-0.2, 0) is 4.79 Å². The Bertz CT molecular complexity index is 1220. The van der Waals surface area contributed by atoms with Gasteiger partial charge in [0.1, 0.15) is 21.7 Å². The molecule has 0 radical (unpaired) electrons. The Morgan fingerprint density at radius 3 is 2.57 bits per heavy atom. The van der Waals surface area contributed by atoms with Gasteiger partial charge in [0, 0.05) is 23.6 Å². The van der Waals surface area contributed by atoms with Crippen molar-refractivity contribution < 1.29 is 31.9 Å². The zero-order chi connectivity index (χ0) is 25.8. The van der Waals surface area contributed by atoms with E-state index >= 15 is 0 Å². The minimum Gasteiger partial charge on any atom is -0.344 e. The number of rotatable bonds is 9. The van der Waals surface area contributed by atoms with E-state index in [0.29, 0.717) is 0 Å². The van der Waals surface area contributed by atoms with Gasteiger partial charge in [-0.3, -0.25) is 14.4 Å². The van der Waals surface area contributed by atoms with E-state index in [2.05, 4.69) is 20.6 Å². The number of carbonyl (C=O) groups is 3. The van der Waals surface area contributed by atoms with Gasteiger partial charge in [0.25, 0.3) is 5.91 Å². The third-order valence-corrected chi connectivity index (χ3v) is 6.77. The van der Waals surface area contributed by atoms with Crippen LogP contribution in [0, 0.1) is 5.82 Å². The lowest BCUT2D eigenvalue weighted by Crippen LogP contribution is -2.50. The quantitative estimate of drug-likeness (QED) is 0.293. The van der Waals surface area contributed by atoms with Gasteiger partial charge in [-0.25, -0.2) is 14.4 Å². The highest BCUT2D eigenvalue weighted by molar-refractivity contribution is 7.17. The molecular formula is C21H17ClF4N4O3S2. The summed E-state index contributed by atoms with van der Waals surface area (Å²) in [4.78, 5) is 45.6. The van der Waals surface area contributed by atoms with Crippen LogP contribution in [0.5, 0.6) is 0 Å². The molecule has 0 unspecified atom stereocenters. The first-order valence-electron chi connectivity index (χ1n) is 9.97. The molecule has 2 heterocycles. The van der Waals surface area contributed by atoms with Crippen molar-refractivity contribution in [3.8, 4) is 10.6 Å². The number of thiazole rings is 2. The van der Waals surface area contributed by atoms with E-state index in [1.807, 2.05) is 0 Å². The molecule has 0 saturated carbocycles. The fraction of sp³-hybridized carbons (Fsp3) is 0.286. The van der Waals surface area contributed by atoms with Gasteiger partial charge in [-0.15, -0.1) is 22.7 Å². The van der Waals surface area contributed by atoms with Gasteiger partial charge >= 0.3 is 6.18 Å². The van der Waals surface area contributed by atoms with Crippen molar-refractivity contribution in [1.29, 1.82) is 0 Å². The summed E-state index contributed by atoms with van der Waals surface area (Å²) < 4.78 is 51.7. The fourth-order valence-corrected chi connectivity index (χ4v) is 4.61. The van der Waals surface area contributed by atoms with Crippen LogP contribution in [0.4, 0.5) is 17.6 Å². The number of carbonyl (C=O) groups excluding carboxylic acids is 3. The van der Waals surface area contributed by atoms with Gasteiger partial charge in [0.05, 0.1) is 17.3 Å². The number of ketones is 1. The molecule has 0 aliphatic heterocycles. The molecule has 0 spiro atoms. The molecule has 0 bridgehead atoms. The highest BCUT2D eigenvalue weighted by Gasteiger charge is 2.33. The molecule has 0 aliphatic rings. The van der Waals surface area contributed by atoms with Crippen molar-refractivity contribution in [2.75, 3.05) is 0 Å². The van der Waals surface area contributed by atoms with E-state index in [9.17, 15) is 31.9 Å². The lowest BCUT2D eigenvalue weighted by Gasteiger charge is -2.20. The van der Waals surface area contributed by atoms with Gasteiger partial charge in [-0.1, -0.05) is 11.6 Å². The number of benzene rings is 1. The molecule has 0 fully saturated rings. The monoisotopic (exact) mass is 548 g/mol. The largest absolute Gasteiger partial charge is 0.389 e. The van der Waals surface area contributed by atoms with Gasteiger partial charge in [-0.2, -0.15) is 13.2 Å². The predicted molar refractivity (Wildman–Crippen MR) is 123 cm³/mol. The number of aromatic nitrogens is 2. The number of nitrogens with one attached hydrogen (secondary N) is 2. The van der Waals surface area contributed by atoms with Crippen LogP contribution < -0.4 is 10.6 Å². The lowest BCUT2D eigenvalue weighted by atomic mass is 10.1. The maximum absolute atomic E-state index is 13.5. The van der Waals surface area contributed by atoms with Crippen LogP contribution in [0.25, 0.3) is 10.6 Å². The first-order chi connectivity index (χ1) is 16.4. The Kier molecular flexibility index (Phi) is 8.56. The molecule has 2 N–H and O–H groups in total. The second-order valence-corrected chi connectivity index (χ2v) is 9.60. The average Bonchev–Trinajstić information content (AvgIpc) is 3.49. The minimum atomic E-state index is -4.53. The van der Waals surface area contributed by atoms with E-state index in [1.54, 1.807) is 0 Å². The zero-order valence-electron chi connectivity index (χ0n) is 17.9. The number of nitrogens with zero attached hydrogens (tertiary/aromatic N) is 2. The summed E-state index contributed by atoms with van der Waals surface area (Å²) >= 11 is 7.90. The van der Waals surface area contributed by atoms with Gasteiger partial charge in [-0.05, 0) is 31.5 Å². The van der Waals surface area contributed by atoms with Crippen LogP contribution in [-0.4, -0.2) is 45.8 Å². The third-order valence-electron chi connectivity index (χ3n) is 4.62. The maximum Gasteiger partial charge on any atom is 0.389 e. The van der Waals surface area contributed by atoms with Crippen molar-refractivity contribution in [2.24, 2.45) is 0 Å². The van der Waals surface area contributed by atoms with Gasteiger partial charge < -0.3 is 10.6 Å². The molecule has 1 aromatic carbocycles. The molecule has 186 valence electrons. The highest BCUT2D eigenvalue weighted by Crippen LogP contribution is 2.32. The smallest absolute Gasteiger partial charge is 0.344 e. The standard InChI is InChI=1S/C21H17ClF4N4O3S2/c1-10(17(32)30-14(4-5-21(24,25)26)16(31)20-27-6-7-34-20)29-18(33)15-9-28-19(35-15)12-8-11(23)2-3-13(12)22/h2-3,6-10,14H,4-5H2,1H3,(H,29,33)(H,30,32)/t10-,14-/m0/s1. The Morgan fingerprint density at radius 1 is 1.17 bits per heavy atom. The molecule has 7 nitrogen and oxygen atoms in total. The normalized spacial score (nSPS) is 13.2. The topological polar surface area (TPSA) is 101 Å². The minimum absolute atomic E-state index is 0.0395. The Labute approximate surface area is 209 Å². The van der Waals surface area contributed by atoms with E-state index in [1.165, 1.54) is 42.9 Å². The number of amides is 2. The highest BCUT2D eigenvalue weighted by atomic mass is 35.5. The van der Waals surface area contributed by atoms with E-state index in [4.69, 9.17) is 11.6 Å². The van der Waals surface area contributed by atoms with Crippen LogP contribution >= 0.6 is 34.3 Å². The summed E-state index contributed by atoms with van der Waals surface area (Å²) in [5, 5.41) is 6.63. The molecule has 2 atom stereocenters. The maximum atomic E-state index is 13.5. The van der Waals surface area contributed by atoms with Crippen molar-refractivity contribution in [3.05, 3.63) is 56.7 Å². The fourth-order valence-electron chi connectivity index (χ4n) is 2.87. The second-order valence-electron chi connectivity index (χ2n) is 7.27. The Morgan fingerprint density at radius 2 is 1.91 bits per heavy atom. The number of Topliss-reactive ketones (excluding diaryl/α,β-unsaturated/α-hetero) is 1. The second kappa shape index (κ2) is 11.2. The summed E-state index contributed by atoms with van der Waals surface area (Å²) in [7, 11) is 0. The summed E-state index contributed by atoms with van der Waals surface area (Å²) in [6.45, 7) is 1.31. The van der Waals surface area contributed by atoms with E-state index in [-0.39, 0.29) is 25.5 Å². The van der Waals surface area contributed by atoms with Gasteiger partial charge in [0.2, 0.25) is 11.7 Å². The van der Waals surface area contributed by atoms with Crippen LogP contribution in [0.3, 0.4) is 0 Å². The van der Waals surface area contributed by atoms with Crippen LogP contribution in [0.2, 0.25) is 5.02 Å².